The number of hydrogen-bond donors (Lipinski definition) is 1. The molecule has 0 aromatic carbocycles. The maximum atomic E-state index is 10.7. The van der Waals surface area contributed by atoms with E-state index in [-0.39, 0.29) is 12.3 Å². The van der Waals surface area contributed by atoms with Crippen molar-refractivity contribution in [1.29, 1.82) is 0 Å². The van der Waals surface area contributed by atoms with Crippen LogP contribution in [0, 0.1) is 6.92 Å². The summed E-state index contributed by atoms with van der Waals surface area (Å²) < 4.78 is 0. The van der Waals surface area contributed by atoms with Gasteiger partial charge in [0.2, 0.25) is 0 Å². The number of rotatable bonds is 4. The van der Waals surface area contributed by atoms with Crippen molar-refractivity contribution in [2.24, 2.45) is 0 Å². The summed E-state index contributed by atoms with van der Waals surface area (Å²) in [5.41, 5.74) is 1.25. The molecule has 0 aliphatic heterocycles. The first-order valence-electron chi connectivity index (χ1n) is 4.50. The molecule has 0 fully saturated rings. The molecule has 1 aromatic rings. The van der Waals surface area contributed by atoms with E-state index in [0.29, 0.717) is 0 Å². The van der Waals surface area contributed by atoms with Crippen LogP contribution in [0.15, 0.2) is 17.8 Å². The first-order valence-corrected chi connectivity index (χ1v) is 5.31. The monoisotopic (exact) mass is 209 g/mol. The van der Waals surface area contributed by atoms with Gasteiger partial charge in [-0.3, -0.25) is 4.79 Å². The van der Waals surface area contributed by atoms with Gasteiger partial charge >= 0.3 is 5.97 Å². The van der Waals surface area contributed by atoms with Crippen molar-refractivity contribution in [3.05, 3.63) is 27.7 Å². The van der Waals surface area contributed by atoms with Crippen molar-refractivity contribution in [3.63, 3.8) is 0 Å². The van der Waals surface area contributed by atoms with Crippen LogP contribution in [0.25, 0.3) is 0 Å². The molecule has 0 radical (unpaired) electrons. The second-order valence-corrected chi connectivity index (χ2v) is 4.68. The smallest absolute Gasteiger partial charge is 0.304 e. The summed E-state index contributed by atoms with van der Waals surface area (Å²) in [6, 6.07) is 0. The minimum Gasteiger partial charge on any atom is -0.481 e. The zero-order valence-corrected chi connectivity index (χ0v) is 8.67. The van der Waals surface area contributed by atoms with E-state index in [1.165, 1.54) is 5.57 Å². The van der Waals surface area contributed by atoms with Gasteiger partial charge in [0.05, 0.1) is 11.4 Å². The summed E-state index contributed by atoms with van der Waals surface area (Å²) in [6.45, 7) is 1.94. The number of carboxylic acid groups (broad SMARTS) is 1. The van der Waals surface area contributed by atoms with Gasteiger partial charge in [0.25, 0.3) is 0 Å². The van der Waals surface area contributed by atoms with Crippen molar-refractivity contribution >= 4 is 17.3 Å². The molecule has 1 aliphatic rings. The highest BCUT2D eigenvalue weighted by Crippen LogP contribution is 2.39. The maximum absolute atomic E-state index is 10.7. The number of aliphatic carboxylic acids is 1. The Hall–Kier alpha value is -1.16. The lowest BCUT2D eigenvalue weighted by Gasteiger charge is -2.07. The van der Waals surface area contributed by atoms with Crippen LogP contribution in [0.2, 0.25) is 0 Å². The third-order valence-corrected chi connectivity index (χ3v) is 3.28. The Labute approximate surface area is 86.1 Å². The maximum Gasteiger partial charge on any atom is 0.304 e. The number of nitrogens with zero attached hydrogens (tertiary/aromatic N) is 1. The highest BCUT2D eigenvalue weighted by molar-refractivity contribution is 7.11. The zero-order chi connectivity index (χ0) is 10.1. The molecule has 1 heterocycles. The minimum atomic E-state index is -0.742. The number of thiazole rings is 1. The van der Waals surface area contributed by atoms with Crippen molar-refractivity contribution in [2.75, 3.05) is 0 Å². The standard InChI is InChI=1S/C10H11NO2S/c1-6-11-5-9(14-6)8(4-10(12)13)7-2-3-7/h2,5,8H,3-4H2,1H3,(H,12,13)/t8-/m0/s1. The van der Waals surface area contributed by atoms with Gasteiger partial charge in [-0.2, -0.15) is 0 Å². The van der Waals surface area contributed by atoms with E-state index in [1.54, 1.807) is 17.5 Å². The van der Waals surface area contributed by atoms with Crippen molar-refractivity contribution in [1.82, 2.24) is 4.98 Å². The molecule has 1 N–H and O–H groups in total. The van der Waals surface area contributed by atoms with Crippen LogP contribution in [-0.2, 0) is 4.79 Å². The zero-order valence-electron chi connectivity index (χ0n) is 7.86. The van der Waals surface area contributed by atoms with Crippen molar-refractivity contribution in [3.8, 4) is 0 Å². The molecule has 2 rings (SSSR count). The summed E-state index contributed by atoms with van der Waals surface area (Å²) in [4.78, 5) is 15.9. The van der Waals surface area contributed by atoms with Crippen LogP contribution < -0.4 is 0 Å². The van der Waals surface area contributed by atoms with Gasteiger partial charge in [-0.15, -0.1) is 11.3 Å². The first kappa shape index (κ1) is 9.40. The summed E-state index contributed by atoms with van der Waals surface area (Å²) >= 11 is 1.59. The molecule has 74 valence electrons. The molecule has 0 spiro atoms. The highest BCUT2D eigenvalue weighted by Gasteiger charge is 2.26. The van der Waals surface area contributed by atoms with Gasteiger partial charge in [0, 0.05) is 17.0 Å². The van der Waals surface area contributed by atoms with Crippen LogP contribution >= 0.6 is 11.3 Å². The number of hydrogen-bond acceptors (Lipinski definition) is 3. The van der Waals surface area contributed by atoms with E-state index >= 15 is 0 Å². The molecule has 0 saturated heterocycles. The second kappa shape index (κ2) is 3.53. The molecule has 1 aromatic heterocycles. The molecule has 3 nitrogen and oxygen atoms in total. The Morgan fingerprint density at radius 1 is 1.79 bits per heavy atom. The van der Waals surface area contributed by atoms with E-state index in [4.69, 9.17) is 5.11 Å². The Balaban J connectivity index is 2.18. The fraction of sp³-hybridized carbons (Fsp3) is 0.400. The number of allylic oxidation sites excluding steroid dienone is 2. The fourth-order valence-corrected chi connectivity index (χ4v) is 2.40. The van der Waals surface area contributed by atoms with Gasteiger partial charge in [-0.1, -0.05) is 11.6 Å². The van der Waals surface area contributed by atoms with Crippen LogP contribution in [0.4, 0.5) is 0 Å². The SMILES string of the molecule is Cc1ncc([C@@H](CC(=O)O)C2=CC2)s1. The van der Waals surface area contributed by atoms with Gasteiger partial charge in [-0.25, -0.2) is 4.98 Å². The van der Waals surface area contributed by atoms with Crippen molar-refractivity contribution in [2.45, 2.75) is 25.7 Å². The molecular weight excluding hydrogens is 198 g/mol. The van der Waals surface area contributed by atoms with E-state index in [0.717, 1.165) is 16.3 Å². The summed E-state index contributed by atoms with van der Waals surface area (Å²) in [7, 11) is 0. The molecule has 0 unspecified atom stereocenters. The quantitative estimate of drug-likeness (QED) is 0.774. The molecule has 0 amide bonds. The van der Waals surface area contributed by atoms with Gasteiger partial charge in [0.1, 0.15) is 0 Å². The topological polar surface area (TPSA) is 50.2 Å². The summed E-state index contributed by atoms with van der Waals surface area (Å²) in [6.07, 6.45) is 5.04. The highest BCUT2D eigenvalue weighted by atomic mass is 32.1. The number of aryl methyl sites for hydroxylation is 1. The third-order valence-electron chi connectivity index (χ3n) is 2.25. The van der Waals surface area contributed by atoms with Crippen LogP contribution in [-0.4, -0.2) is 16.1 Å². The van der Waals surface area contributed by atoms with E-state index in [9.17, 15) is 4.79 Å². The predicted molar refractivity (Wildman–Crippen MR) is 54.5 cm³/mol. The Kier molecular flexibility index (Phi) is 2.37. The lowest BCUT2D eigenvalue weighted by Crippen LogP contribution is -2.03. The second-order valence-electron chi connectivity index (χ2n) is 3.42. The third kappa shape index (κ3) is 2.01. The Morgan fingerprint density at radius 2 is 2.50 bits per heavy atom. The average molecular weight is 209 g/mol. The van der Waals surface area contributed by atoms with Crippen molar-refractivity contribution < 1.29 is 9.90 Å². The summed E-state index contributed by atoms with van der Waals surface area (Å²) in [5.74, 6) is -0.674. The minimum absolute atomic E-state index is 0.0682. The lowest BCUT2D eigenvalue weighted by atomic mass is 10.0. The molecular formula is C10H11NO2S. The van der Waals surface area contributed by atoms with E-state index in [1.807, 2.05) is 6.92 Å². The first-order chi connectivity index (χ1) is 6.66. The normalized spacial score (nSPS) is 16.2. The van der Waals surface area contributed by atoms with Crippen LogP contribution in [0.5, 0.6) is 0 Å². The Bertz CT molecular complexity index is 395. The fourth-order valence-electron chi connectivity index (χ4n) is 1.47. The van der Waals surface area contributed by atoms with Crippen LogP contribution in [0.1, 0.15) is 28.6 Å². The molecule has 1 aliphatic carbocycles. The predicted octanol–water partition coefficient (Wildman–Crippen LogP) is 2.34. The largest absolute Gasteiger partial charge is 0.481 e. The van der Waals surface area contributed by atoms with Gasteiger partial charge in [0.15, 0.2) is 0 Å². The molecule has 4 heteroatoms. The van der Waals surface area contributed by atoms with Gasteiger partial charge < -0.3 is 5.11 Å². The number of aromatic nitrogens is 1. The summed E-state index contributed by atoms with van der Waals surface area (Å²) in [5, 5.41) is 9.78. The van der Waals surface area contributed by atoms with Crippen LogP contribution in [0.3, 0.4) is 0 Å². The van der Waals surface area contributed by atoms with Gasteiger partial charge in [-0.05, 0) is 13.3 Å². The Morgan fingerprint density at radius 3 is 2.93 bits per heavy atom. The number of carbonyl (C=O) groups is 1. The van der Waals surface area contributed by atoms with E-state index < -0.39 is 5.97 Å². The molecule has 14 heavy (non-hydrogen) atoms. The van der Waals surface area contributed by atoms with E-state index in [2.05, 4.69) is 11.1 Å². The average Bonchev–Trinajstić information content (AvgIpc) is 2.85. The molecule has 1 atom stereocenters. The molecule has 0 bridgehead atoms. The number of carboxylic acids is 1. The molecule has 0 saturated carbocycles. The lowest BCUT2D eigenvalue weighted by molar-refractivity contribution is -0.137.